The molecule has 0 N–H and O–H groups in total. The van der Waals surface area contributed by atoms with Crippen molar-refractivity contribution < 1.29 is 0 Å². The van der Waals surface area contributed by atoms with Gasteiger partial charge in [0.2, 0.25) is 0 Å². The maximum absolute atomic E-state index is 4.92. The standard InChI is InChI=1S/C62H63BN4/c1-59(2,3)45-34-46(60(4,5)6)37-49(36-45)66-53-26-24-42(40-20-15-13-16-21-40)30-51(53)63-52-31-43(41-22-17-14-18-23-41)25-27-54(52)67(50-38-47(61(7,8)9)35-48(39-50)62(10,11)12)56-33-44(32-55(66)57(56)63)58-64-28-19-29-65-58/h13-39H,1-12H3. The van der Waals surface area contributed by atoms with Gasteiger partial charge in [0, 0.05) is 52.1 Å². The summed E-state index contributed by atoms with van der Waals surface area (Å²) in [5, 5.41) is 0. The van der Waals surface area contributed by atoms with Crippen LogP contribution in [0.15, 0.2) is 164 Å². The largest absolute Gasteiger partial charge is 0.311 e. The first-order valence-electron chi connectivity index (χ1n) is 24.0. The molecule has 7 aromatic carbocycles. The van der Waals surface area contributed by atoms with Crippen LogP contribution in [-0.4, -0.2) is 16.7 Å². The lowest BCUT2D eigenvalue weighted by molar-refractivity contribution is 0.568. The number of fused-ring (bicyclic) bond motifs is 4. The van der Waals surface area contributed by atoms with Crippen molar-refractivity contribution in [2.75, 3.05) is 9.80 Å². The molecule has 0 spiro atoms. The van der Waals surface area contributed by atoms with Crippen LogP contribution >= 0.6 is 0 Å². The lowest BCUT2D eigenvalue weighted by Gasteiger charge is -2.45. The van der Waals surface area contributed by atoms with E-state index in [2.05, 4.69) is 238 Å². The third-order valence-electron chi connectivity index (χ3n) is 13.9. The van der Waals surface area contributed by atoms with Crippen LogP contribution in [-0.2, 0) is 21.7 Å². The fourth-order valence-corrected chi connectivity index (χ4v) is 9.97. The Bertz CT molecular complexity index is 2910. The van der Waals surface area contributed by atoms with E-state index < -0.39 is 0 Å². The molecule has 0 saturated carbocycles. The minimum Gasteiger partial charge on any atom is -0.311 e. The Morgan fingerprint density at radius 3 is 1.07 bits per heavy atom. The first-order valence-corrected chi connectivity index (χ1v) is 24.0. The van der Waals surface area contributed by atoms with Gasteiger partial charge in [-0.25, -0.2) is 9.97 Å². The van der Waals surface area contributed by atoms with Gasteiger partial charge in [0.15, 0.2) is 5.82 Å². The summed E-state index contributed by atoms with van der Waals surface area (Å²) in [6.45, 7) is 27.9. The van der Waals surface area contributed by atoms with Gasteiger partial charge in [0.1, 0.15) is 0 Å². The second-order valence-corrected chi connectivity index (χ2v) is 22.9. The summed E-state index contributed by atoms with van der Waals surface area (Å²) >= 11 is 0. The van der Waals surface area contributed by atoms with E-state index >= 15 is 0 Å². The maximum atomic E-state index is 4.92. The Balaban J connectivity index is 1.38. The monoisotopic (exact) mass is 875 g/mol. The van der Waals surface area contributed by atoms with Gasteiger partial charge in [-0.1, -0.05) is 180 Å². The summed E-state index contributed by atoms with van der Waals surface area (Å²) in [5.74, 6) is 0.700. The molecule has 4 nitrogen and oxygen atoms in total. The van der Waals surface area contributed by atoms with E-state index in [0.717, 1.165) is 28.3 Å². The van der Waals surface area contributed by atoms with Crippen molar-refractivity contribution in [1.82, 2.24) is 9.97 Å². The molecular formula is C62H63BN4. The highest BCUT2D eigenvalue weighted by molar-refractivity contribution is 7.00. The summed E-state index contributed by atoms with van der Waals surface area (Å²) in [4.78, 5) is 15.0. The molecule has 0 amide bonds. The van der Waals surface area contributed by atoms with Crippen molar-refractivity contribution >= 4 is 57.2 Å². The van der Waals surface area contributed by atoms with Gasteiger partial charge >= 0.3 is 0 Å². The molecule has 0 aliphatic carbocycles. The predicted octanol–water partition coefficient (Wildman–Crippen LogP) is 14.8. The highest BCUT2D eigenvalue weighted by atomic mass is 15.2. The first-order chi connectivity index (χ1) is 31.7. The Labute approximate surface area is 399 Å². The van der Waals surface area contributed by atoms with E-state index in [1.807, 2.05) is 18.5 Å². The smallest absolute Gasteiger partial charge is 0.252 e. The Morgan fingerprint density at radius 2 is 0.716 bits per heavy atom. The second-order valence-electron chi connectivity index (χ2n) is 22.9. The van der Waals surface area contributed by atoms with Crippen LogP contribution in [0.25, 0.3) is 33.6 Å². The molecule has 0 fully saturated rings. The number of benzene rings is 7. The van der Waals surface area contributed by atoms with E-state index in [-0.39, 0.29) is 28.4 Å². The minimum absolute atomic E-state index is 0.0834. The van der Waals surface area contributed by atoms with Gasteiger partial charge in [-0.3, -0.25) is 0 Å². The highest BCUT2D eigenvalue weighted by Gasteiger charge is 2.45. The van der Waals surface area contributed by atoms with Crippen molar-refractivity contribution in [1.29, 1.82) is 0 Å². The average molecular weight is 875 g/mol. The number of aromatic nitrogens is 2. The van der Waals surface area contributed by atoms with Crippen LogP contribution < -0.4 is 26.2 Å². The Hall–Kier alpha value is -6.72. The maximum Gasteiger partial charge on any atom is 0.252 e. The quantitative estimate of drug-likeness (QED) is 0.161. The summed E-state index contributed by atoms with van der Waals surface area (Å²) in [6.07, 6.45) is 3.72. The fourth-order valence-electron chi connectivity index (χ4n) is 9.97. The molecule has 5 heteroatoms. The average Bonchev–Trinajstić information content (AvgIpc) is 3.30. The first kappa shape index (κ1) is 44.1. The summed E-state index contributed by atoms with van der Waals surface area (Å²) in [7, 11) is 0. The van der Waals surface area contributed by atoms with Crippen molar-refractivity contribution in [2.45, 2.75) is 105 Å². The van der Waals surface area contributed by atoms with Crippen LogP contribution in [0.3, 0.4) is 0 Å². The number of hydrogen-bond acceptors (Lipinski definition) is 4. The molecule has 2 aliphatic heterocycles. The van der Waals surface area contributed by atoms with Crippen molar-refractivity contribution in [3.05, 3.63) is 186 Å². The van der Waals surface area contributed by atoms with Crippen LogP contribution in [0.5, 0.6) is 0 Å². The number of nitrogens with zero attached hydrogens (tertiary/aromatic N) is 4. The zero-order valence-corrected chi connectivity index (χ0v) is 41.5. The van der Waals surface area contributed by atoms with Crippen LogP contribution in [0.4, 0.5) is 34.1 Å². The molecule has 67 heavy (non-hydrogen) atoms. The Morgan fingerprint density at radius 1 is 0.343 bits per heavy atom. The van der Waals surface area contributed by atoms with Gasteiger partial charge in [-0.05, 0) is 137 Å². The van der Waals surface area contributed by atoms with Gasteiger partial charge in [0.05, 0.1) is 0 Å². The second kappa shape index (κ2) is 16.0. The van der Waals surface area contributed by atoms with Crippen molar-refractivity contribution in [3.8, 4) is 33.6 Å². The van der Waals surface area contributed by atoms with E-state index in [1.165, 1.54) is 72.3 Å². The summed E-state index contributed by atoms with van der Waals surface area (Å²) in [5.41, 5.74) is 21.4. The van der Waals surface area contributed by atoms with Gasteiger partial charge in [0.25, 0.3) is 6.71 Å². The van der Waals surface area contributed by atoms with Crippen molar-refractivity contribution in [2.24, 2.45) is 0 Å². The summed E-state index contributed by atoms with van der Waals surface area (Å²) in [6, 6.07) is 57.3. The lowest BCUT2D eigenvalue weighted by Crippen LogP contribution is -2.61. The molecule has 8 aromatic rings. The molecule has 334 valence electrons. The van der Waals surface area contributed by atoms with E-state index in [9.17, 15) is 0 Å². The zero-order valence-electron chi connectivity index (χ0n) is 41.5. The molecule has 1 aromatic heterocycles. The van der Waals surface area contributed by atoms with Crippen molar-refractivity contribution in [3.63, 3.8) is 0 Å². The topological polar surface area (TPSA) is 32.3 Å². The third kappa shape index (κ3) is 8.07. The number of rotatable bonds is 5. The molecule has 3 heterocycles. The fraction of sp³-hybridized carbons (Fsp3) is 0.258. The van der Waals surface area contributed by atoms with E-state index in [4.69, 9.17) is 9.97 Å². The molecule has 10 rings (SSSR count). The molecule has 0 unspecified atom stereocenters. The molecular weight excluding hydrogens is 812 g/mol. The third-order valence-corrected chi connectivity index (χ3v) is 13.9. The summed E-state index contributed by atoms with van der Waals surface area (Å²) < 4.78 is 0. The van der Waals surface area contributed by atoms with Crippen LogP contribution in [0, 0.1) is 0 Å². The van der Waals surface area contributed by atoms with Gasteiger partial charge in [-0.2, -0.15) is 0 Å². The van der Waals surface area contributed by atoms with E-state index in [1.54, 1.807) is 0 Å². The Kier molecular flexibility index (Phi) is 10.5. The van der Waals surface area contributed by atoms with Crippen LogP contribution in [0.2, 0.25) is 0 Å². The van der Waals surface area contributed by atoms with Gasteiger partial charge in [-0.15, -0.1) is 0 Å². The molecule has 0 saturated heterocycles. The lowest BCUT2D eigenvalue weighted by atomic mass is 9.33. The zero-order chi connectivity index (χ0) is 47.2. The highest BCUT2D eigenvalue weighted by Crippen LogP contribution is 2.49. The minimum atomic E-state index is -0.0960. The molecule has 2 aliphatic rings. The molecule has 0 atom stereocenters. The predicted molar refractivity (Wildman–Crippen MR) is 287 cm³/mol. The molecule has 0 radical (unpaired) electrons. The van der Waals surface area contributed by atoms with Crippen LogP contribution in [0.1, 0.15) is 105 Å². The SMILES string of the molecule is CC(C)(C)c1cc(N2c3ccc(-c4ccccc4)cc3B3c4cc(-c5ccccc5)ccc4N(c4cc(C(C)(C)C)cc(C(C)(C)C)c4)c4cc(-c5ncccn5)cc2c43)cc(C(C)(C)C)c1. The van der Waals surface area contributed by atoms with E-state index in [0.29, 0.717) is 5.82 Å². The molecule has 0 bridgehead atoms. The number of anilines is 6. The van der Waals surface area contributed by atoms with Gasteiger partial charge < -0.3 is 9.80 Å². The normalized spacial score (nSPS) is 13.6. The number of hydrogen-bond donors (Lipinski definition) is 0.